The van der Waals surface area contributed by atoms with Crippen LogP contribution in [0, 0.1) is 0 Å². The number of aromatic nitrogens is 1. The minimum Gasteiger partial charge on any atom is -0.494 e. The summed E-state index contributed by atoms with van der Waals surface area (Å²) in [4.78, 5) is 17.0. The van der Waals surface area contributed by atoms with E-state index in [2.05, 4.69) is 10.3 Å². The third-order valence-electron chi connectivity index (χ3n) is 4.30. The predicted octanol–water partition coefficient (Wildman–Crippen LogP) is 4.57. The molecule has 1 N–H and O–H groups in total. The highest BCUT2D eigenvalue weighted by Crippen LogP contribution is 2.35. The van der Waals surface area contributed by atoms with Crippen LogP contribution in [-0.4, -0.2) is 38.4 Å². The molecule has 7 heteroatoms. The number of carbonyl (C=O) groups excluding carboxylic acids is 1. The van der Waals surface area contributed by atoms with Gasteiger partial charge in [-0.25, -0.2) is 4.79 Å². The van der Waals surface area contributed by atoms with E-state index in [1.807, 2.05) is 31.2 Å². The van der Waals surface area contributed by atoms with E-state index >= 15 is 0 Å². The van der Waals surface area contributed by atoms with Crippen molar-refractivity contribution < 1.29 is 23.7 Å². The largest absolute Gasteiger partial charge is 0.494 e. The highest BCUT2D eigenvalue weighted by atomic mass is 16.5. The molecule has 0 aliphatic rings. The van der Waals surface area contributed by atoms with Gasteiger partial charge in [-0.3, -0.25) is 4.98 Å². The number of pyridine rings is 1. The van der Waals surface area contributed by atoms with Gasteiger partial charge in [0, 0.05) is 23.3 Å². The average Bonchev–Trinajstić information content (AvgIpc) is 2.74. The summed E-state index contributed by atoms with van der Waals surface area (Å²) in [6, 6.07) is 11.0. The van der Waals surface area contributed by atoms with E-state index in [9.17, 15) is 4.79 Å². The summed E-state index contributed by atoms with van der Waals surface area (Å²) in [5, 5.41) is 4.06. The Kier molecular flexibility index (Phi) is 6.39. The van der Waals surface area contributed by atoms with Crippen molar-refractivity contribution in [2.45, 2.75) is 13.8 Å². The van der Waals surface area contributed by atoms with Crippen molar-refractivity contribution in [3.63, 3.8) is 0 Å². The molecule has 1 aromatic heterocycles. The van der Waals surface area contributed by atoms with E-state index < -0.39 is 5.97 Å². The second kappa shape index (κ2) is 9.14. The van der Waals surface area contributed by atoms with Gasteiger partial charge in [0.1, 0.15) is 11.3 Å². The first-order valence-electron chi connectivity index (χ1n) is 9.33. The molecule has 0 unspecified atom stereocenters. The summed E-state index contributed by atoms with van der Waals surface area (Å²) >= 11 is 0. The molecule has 7 nitrogen and oxygen atoms in total. The van der Waals surface area contributed by atoms with E-state index in [1.54, 1.807) is 33.3 Å². The maximum atomic E-state index is 12.6. The lowest BCUT2D eigenvalue weighted by molar-refractivity contribution is 0.0527. The van der Waals surface area contributed by atoms with Crippen molar-refractivity contribution in [2.75, 3.05) is 32.8 Å². The Bertz CT molecular complexity index is 1020. The van der Waals surface area contributed by atoms with Gasteiger partial charge >= 0.3 is 5.97 Å². The Morgan fingerprint density at radius 1 is 1.00 bits per heavy atom. The molecular weight excluding hydrogens is 372 g/mol. The van der Waals surface area contributed by atoms with Gasteiger partial charge in [0.25, 0.3) is 0 Å². The fourth-order valence-corrected chi connectivity index (χ4v) is 2.98. The van der Waals surface area contributed by atoms with Crippen molar-refractivity contribution in [3.8, 4) is 17.2 Å². The molecule has 0 bridgehead atoms. The number of ether oxygens (including phenoxy) is 4. The number of carbonyl (C=O) groups is 1. The molecule has 0 atom stereocenters. The van der Waals surface area contributed by atoms with Crippen LogP contribution in [-0.2, 0) is 4.74 Å². The molecule has 3 rings (SSSR count). The van der Waals surface area contributed by atoms with E-state index in [-0.39, 0.29) is 6.61 Å². The first-order chi connectivity index (χ1) is 14.1. The number of nitrogens with one attached hydrogen (secondary N) is 1. The summed E-state index contributed by atoms with van der Waals surface area (Å²) in [5.41, 5.74) is 2.37. The molecule has 0 aliphatic heterocycles. The Morgan fingerprint density at radius 3 is 2.48 bits per heavy atom. The topological polar surface area (TPSA) is 78.9 Å². The Hall–Kier alpha value is -3.48. The number of fused-ring (bicyclic) bond motifs is 1. The highest BCUT2D eigenvalue weighted by Gasteiger charge is 2.18. The predicted molar refractivity (Wildman–Crippen MR) is 112 cm³/mol. The van der Waals surface area contributed by atoms with Crippen LogP contribution < -0.4 is 19.5 Å². The Balaban J connectivity index is 2.14. The zero-order valence-electron chi connectivity index (χ0n) is 16.9. The van der Waals surface area contributed by atoms with Crippen LogP contribution in [0.5, 0.6) is 17.2 Å². The van der Waals surface area contributed by atoms with Crippen molar-refractivity contribution in [2.24, 2.45) is 0 Å². The summed E-state index contributed by atoms with van der Waals surface area (Å²) < 4.78 is 21.5. The van der Waals surface area contributed by atoms with Crippen molar-refractivity contribution in [3.05, 3.63) is 48.2 Å². The molecular formula is C22H24N2O5. The quantitative estimate of drug-likeness (QED) is 0.559. The van der Waals surface area contributed by atoms with Gasteiger partial charge < -0.3 is 24.3 Å². The van der Waals surface area contributed by atoms with Gasteiger partial charge in [0.05, 0.1) is 38.6 Å². The lowest BCUT2D eigenvalue weighted by Gasteiger charge is -2.16. The number of hydrogen-bond acceptors (Lipinski definition) is 7. The highest BCUT2D eigenvalue weighted by molar-refractivity contribution is 6.06. The summed E-state index contributed by atoms with van der Waals surface area (Å²) in [7, 11) is 3.15. The third kappa shape index (κ3) is 4.34. The molecule has 0 spiro atoms. The minimum absolute atomic E-state index is 0.269. The normalized spacial score (nSPS) is 10.5. The molecule has 0 amide bonds. The van der Waals surface area contributed by atoms with E-state index in [4.69, 9.17) is 18.9 Å². The average molecular weight is 396 g/mol. The van der Waals surface area contributed by atoms with Crippen molar-refractivity contribution >= 4 is 28.2 Å². The van der Waals surface area contributed by atoms with Crippen LogP contribution in [0.4, 0.5) is 11.4 Å². The van der Waals surface area contributed by atoms with Gasteiger partial charge in [0.2, 0.25) is 0 Å². The molecule has 29 heavy (non-hydrogen) atoms. The van der Waals surface area contributed by atoms with Gasteiger partial charge in [-0.1, -0.05) is 0 Å². The Morgan fingerprint density at radius 2 is 1.79 bits per heavy atom. The summed E-state index contributed by atoms with van der Waals surface area (Å²) in [6.45, 7) is 4.49. The lowest BCUT2D eigenvalue weighted by atomic mass is 10.1. The molecule has 2 aromatic carbocycles. The SMILES string of the molecule is CCOC(=O)c1cnc2ccc(OCC)cc2c1Nc1ccc(OC)c(OC)c1. The molecule has 3 aromatic rings. The number of hydrogen-bond donors (Lipinski definition) is 1. The minimum atomic E-state index is -0.452. The van der Waals surface area contributed by atoms with Crippen LogP contribution in [0.2, 0.25) is 0 Å². The molecule has 1 heterocycles. The fourth-order valence-electron chi connectivity index (χ4n) is 2.98. The zero-order valence-corrected chi connectivity index (χ0v) is 16.9. The number of benzene rings is 2. The smallest absolute Gasteiger partial charge is 0.341 e. The lowest BCUT2D eigenvalue weighted by Crippen LogP contribution is -2.09. The second-order valence-electron chi connectivity index (χ2n) is 6.07. The molecule has 0 aliphatic carbocycles. The van der Waals surface area contributed by atoms with Crippen molar-refractivity contribution in [1.82, 2.24) is 4.98 Å². The Labute approximate surface area is 169 Å². The van der Waals surface area contributed by atoms with Gasteiger partial charge in [-0.05, 0) is 44.2 Å². The van der Waals surface area contributed by atoms with Gasteiger partial charge in [0.15, 0.2) is 11.5 Å². The standard InChI is InChI=1S/C22H24N2O5/c1-5-28-15-8-9-18-16(12-15)21(17(13-23-18)22(25)29-6-2)24-14-7-10-19(26-3)20(11-14)27-4/h7-13H,5-6H2,1-4H3,(H,23,24). The number of esters is 1. The first-order valence-corrected chi connectivity index (χ1v) is 9.33. The second-order valence-corrected chi connectivity index (χ2v) is 6.07. The molecule has 152 valence electrons. The number of nitrogens with zero attached hydrogens (tertiary/aromatic N) is 1. The number of anilines is 2. The number of methoxy groups -OCH3 is 2. The third-order valence-corrected chi connectivity index (χ3v) is 4.30. The van der Waals surface area contributed by atoms with Gasteiger partial charge in [-0.2, -0.15) is 0 Å². The van der Waals surface area contributed by atoms with E-state index in [0.29, 0.717) is 35.1 Å². The molecule has 0 radical (unpaired) electrons. The molecule has 0 saturated heterocycles. The van der Waals surface area contributed by atoms with Crippen LogP contribution >= 0.6 is 0 Å². The summed E-state index contributed by atoms with van der Waals surface area (Å²) in [6.07, 6.45) is 1.52. The van der Waals surface area contributed by atoms with E-state index in [0.717, 1.165) is 16.6 Å². The van der Waals surface area contributed by atoms with Crippen LogP contribution in [0.25, 0.3) is 10.9 Å². The number of rotatable bonds is 8. The molecule has 0 saturated carbocycles. The maximum absolute atomic E-state index is 12.6. The van der Waals surface area contributed by atoms with Crippen molar-refractivity contribution in [1.29, 1.82) is 0 Å². The van der Waals surface area contributed by atoms with Crippen LogP contribution in [0.3, 0.4) is 0 Å². The van der Waals surface area contributed by atoms with Gasteiger partial charge in [-0.15, -0.1) is 0 Å². The fraction of sp³-hybridized carbons (Fsp3) is 0.273. The molecule has 0 fully saturated rings. The van der Waals surface area contributed by atoms with Crippen LogP contribution in [0.1, 0.15) is 24.2 Å². The first kappa shape index (κ1) is 20.3. The summed E-state index contributed by atoms with van der Waals surface area (Å²) in [5.74, 6) is 1.43. The van der Waals surface area contributed by atoms with E-state index in [1.165, 1.54) is 6.20 Å². The monoisotopic (exact) mass is 396 g/mol. The maximum Gasteiger partial charge on any atom is 0.341 e. The van der Waals surface area contributed by atoms with Crippen LogP contribution in [0.15, 0.2) is 42.6 Å². The zero-order chi connectivity index (χ0) is 20.8.